The molecule has 114 valence electrons. The Morgan fingerprint density at radius 3 is 2.90 bits per heavy atom. The molecule has 3 rings (SSSR count). The lowest BCUT2D eigenvalue weighted by atomic mass is 9.74. The van der Waals surface area contributed by atoms with Gasteiger partial charge in [0.05, 0.1) is 4.92 Å². The van der Waals surface area contributed by atoms with Crippen molar-refractivity contribution >= 4 is 11.5 Å². The summed E-state index contributed by atoms with van der Waals surface area (Å²) in [5, 5.41) is 14.8. The standard InChI is InChI=1S/C15H22N4O2/c1-12-4-5-13(19(20)21)14(17-12)18-9-3-7-15(11-18)6-2-8-16-10-15/h4-5,16H,2-3,6-11H2,1H3. The van der Waals surface area contributed by atoms with E-state index in [-0.39, 0.29) is 16.0 Å². The summed E-state index contributed by atoms with van der Waals surface area (Å²) in [4.78, 5) is 17.5. The summed E-state index contributed by atoms with van der Waals surface area (Å²) in [6.45, 7) is 5.72. The first kappa shape index (κ1) is 14.3. The summed E-state index contributed by atoms with van der Waals surface area (Å²) in [7, 11) is 0. The molecule has 1 spiro atoms. The lowest BCUT2D eigenvalue weighted by Crippen LogP contribution is -2.51. The third kappa shape index (κ3) is 2.85. The quantitative estimate of drug-likeness (QED) is 0.668. The minimum absolute atomic E-state index is 0.126. The van der Waals surface area contributed by atoms with Gasteiger partial charge in [-0.1, -0.05) is 0 Å². The molecule has 3 heterocycles. The highest BCUT2D eigenvalue weighted by Crippen LogP contribution is 2.39. The van der Waals surface area contributed by atoms with Crippen LogP contribution in [-0.2, 0) is 0 Å². The van der Waals surface area contributed by atoms with Crippen LogP contribution in [0, 0.1) is 22.5 Å². The van der Waals surface area contributed by atoms with E-state index in [1.165, 1.54) is 19.3 Å². The summed E-state index contributed by atoms with van der Waals surface area (Å²) in [6.07, 6.45) is 4.68. The van der Waals surface area contributed by atoms with Crippen LogP contribution in [0.2, 0.25) is 0 Å². The van der Waals surface area contributed by atoms with Gasteiger partial charge in [-0.15, -0.1) is 0 Å². The normalized spacial score (nSPS) is 26.0. The average molecular weight is 290 g/mol. The molecule has 0 amide bonds. The zero-order valence-electron chi connectivity index (χ0n) is 12.5. The van der Waals surface area contributed by atoms with Gasteiger partial charge in [-0.05, 0) is 45.2 Å². The topological polar surface area (TPSA) is 71.3 Å². The Morgan fingerprint density at radius 2 is 2.19 bits per heavy atom. The third-order valence-electron chi connectivity index (χ3n) is 4.71. The molecule has 0 saturated carbocycles. The molecule has 1 N–H and O–H groups in total. The second kappa shape index (κ2) is 5.60. The van der Waals surface area contributed by atoms with Crippen molar-refractivity contribution in [2.45, 2.75) is 32.6 Å². The minimum Gasteiger partial charge on any atom is -0.350 e. The zero-order chi connectivity index (χ0) is 14.9. The largest absolute Gasteiger partial charge is 0.350 e. The Bertz CT molecular complexity index is 535. The van der Waals surface area contributed by atoms with Crippen molar-refractivity contribution < 1.29 is 4.92 Å². The number of nitrogens with one attached hydrogen (secondary N) is 1. The first-order chi connectivity index (χ1) is 10.1. The van der Waals surface area contributed by atoms with Crippen LogP contribution in [0.25, 0.3) is 0 Å². The number of hydrogen-bond donors (Lipinski definition) is 1. The maximum absolute atomic E-state index is 11.3. The van der Waals surface area contributed by atoms with E-state index in [1.54, 1.807) is 12.1 Å². The van der Waals surface area contributed by atoms with Crippen molar-refractivity contribution in [1.82, 2.24) is 10.3 Å². The molecule has 0 bridgehead atoms. The van der Waals surface area contributed by atoms with Crippen molar-refractivity contribution in [3.05, 3.63) is 27.9 Å². The van der Waals surface area contributed by atoms with Gasteiger partial charge in [0.15, 0.2) is 0 Å². The molecule has 6 nitrogen and oxygen atoms in total. The first-order valence-electron chi connectivity index (χ1n) is 7.67. The molecule has 1 unspecified atom stereocenters. The van der Waals surface area contributed by atoms with Crippen molar-refractivity contribution in [1.29, 1.82) is 0 Å². The van der Waals surface area contributed by atoms with Gasteiger partial charge < -0.3 is 10.2 Å². The van der Waals surface area contributed by atoms with Crippen LogP contribution in [-0.4, -0.2) is 36.1 Å². The molecule has 0 radical (unpaired) electrons. The number of anilines is 1. The fourth-order valence-corrected chi connectivity index (χ4v) is 3.68. The summed E-state index contributed by atoms with van der Waals surface area (Å²) < 4.78 is 0. The number of nitro groups is 1. The monoisotopic (exact) mass is 290 g/mol. The lowest BCUT2D eigenvalue weighted by Gasteiger charge is -2.45. The predicted octanol–water partition coefficient (Wildman–Crippen LogP) is 2.27. The number of aromatic nitrogens is 1. The maximum Gasteiger partial charge on any atom is 0.311 e. The molecule has 2 saturated heterocycles. The van der Waals surface area contributed by atoms with E-state index in [4.69, 9.17) is 0 Å². The molecule has 6 heteroatoms. The molecular weight excluding hydrogens is 268 g/mol. The van der Waals surface area contributed by atoms with Gasteiger partial charge in [-0.3, -0.25) is 10.1 Å². The summed E-state index contributed by atoms with van der Waals surface area (Å²) >= 11 is 0. The number of nitrogens with zero attached hydrogens (tertiary/aromatic N) is 3. The molecule has 2 fully saturated rings. The van der Waals surface area contributed by atoms with Crippen LogP contribution in [0.5, 0.6) is 0 Å². The highest BCUT2D eigenvalue weighted by molar-refractivity contribution is 5.58. The summed E-state index contributed by atoms with van der Waals surface area (Å²) in [5.41, 5.74) is 1.22. The summed E-state index contributed by atoms with van der Waals surface area (Å²) in [6, 6.07) is 3.29. The minimum atomic E-state index is -0.317. The molecule has 2 aliphatic rings. The lowest BCUT2D eigenvalue weighted by molar-refractivity contribution is -0.384. The van der Waals surface area contributed by atoms with Gasteiger partial charge in [0.2, 0.25) is 5.82 Å². The van der Waals surface area contributed by atoms with Crippen molar-refractivity contribution in [3.63, 3.8) is 0 Å². The van der Waals surface area contributed by atoms with Crippen LogP contribution in [0.4, 0.5) is 11.5 Å². The molecule has 1 aromatic heterocycles. The number of rotatable bonds is 2. The number of hydrogen-bond acceptors (Lipinski definition) is 5. The molecule has 1 aromatic rings. The van der Waals surface area contributed by atoms with E-state index in [1.807, 2.05) is 6.92 Å². The second-order valence-corrected chi connectivity index (χ2v) is 6.36. The Morgan fingerprint density at radius 1 is 1.38 bits per heavy atom. The van der Waals surface area contributed by atoms with Crippen LogP contribution in [0.15, 0.2) is 12.1 Å². The van der Waals surface area contributed by atoms with E-state index in [2.05, 4.69) is 15.2 Å². The fraction of sp³-hybridized carbons (Fsp3) is 0.667. The van der Waals surface area contributed by atoms with Crippen molar-refractivity contribution in [3.8, 4) is 0 Å². The first-order valence-corrected chi connectivity index (χ1v) is 7.67. The van der Waals surface area contributed by atoms with Crippen LogP contribution in [0.1, 0.15) is 31.4 Å². The van der Waals surface area contributed by atoms with Crippen LogP contribution < -0.4 is 10.2 Å². The van der Waals surface area contributed by atoms with E-state index in [0.717, 1.165) is 38.3 Å². The van der Waals surface area contributed by atoms with Crippen molar-refractivity contribution in [2.75, 3.05) is 31.1 Å². The highest BCUT2D eigenvalue weighted by atomic mass is 16.6. The molecule has 1 atom stereocenters. The SMILES string of the molecule is Cc1ccc([N+](=O)[O-])c(N2CCCC3(CCCNC3)C2)n1. The predicted molar refractivity (Wildman–Crippen MR) is 81.6 cm³/mol. The van der Waals surface area contributed by atoms with Crippen molar-refractivity contribution in [2.24, 2.45) is 5.41 Å². The van der Waals surface area contributed by atoms with E-state index >= 15 is 0 Å². The highest BCUT2D eigenvalue weighted by Gasteiger charge is 2.38. The van der Waals surface area contributed by atoms with Gasteiger partial charge in [0.1, 0.15) is 0 Å². The third-order valence-corrected chi connectivity index (χ3v) is 4.71. The Labute approximate surface area is 124 Å². The number of pyridine rings is 1. The van der Waals surface area contributed by atoms with Gasteiger partial charge in [-0.2, -0.15) is 0 Å². The smallest absolute Gasteiger partial charge is 0.311 e. The molecule has 2 aliphatic heterocycles. The number of aryl methyl sites for hydroxylation is 1. The molecule has 0 aromatic carbocycles. The molecular formula is C15H22N4O2. The molecule has 0 aliphatic carbocycles. The van der Waals surface area contributed by atoms with E-state index in [0.29, 0.717) is 5.82 Å². The van der Waals surface area contributed by atoms with Gasteiger partial charge in [0.25, 0.3) is 0 Å². The molecule has 21 heavy (non-hydrogen) atoms. The van der Waals surface area contributed by atoms with Crippen LogP contribution >= 0.6 is 0 Å². The van der Waals surface area contributed by atoms with Gasteiger partial charge in [0, 0.05) is 36.8 Å². The Hall–Kier alpha value is -1.69. The Kier molecular flexibility index (Phi) is 3.80. The van der Waals surface area contributed by atoms with Crippen LogP contribution in [0.3, 0.4) is 0 Å². The van der Waals surface area contributed by atoms with E-state index < -0.39 is 0 Å². The average Bonchev–Trinajstić information content (AvgIpc) is 2.47. The summed E-state index contributed by atoms with van der Waals surface area (Å²) in [5.74, 6) is 0.546. The van der Waals surface area contributed by atoms with Gasteiger partial charge in [-0.25, -0.2) is 4.98 Å². The zero-order valence-corrected chi connectivity index (χ0v) is 12.5. The number of piperidine rings is 2. The Balaban J connectivity index is 1.89. The van der Waals surface area contributed by atoms with Gasteiger partial charge >= 0.3 is 5.69 Å². The second-order valence-electron chi connectivity index (χ2n) is 6.36. The van der Waals surface area contributed by atoms with E-state index in [9.17, 15) is 10.1 Å². The maximum atomic E-state index is 11.3. The fourth-order valence-electron chi connectivity index (χ4n) is 3.68.